The average Bonchev–Trinajstić information content (AvgIpc) is 3.38. The monoisotopic (exact) mass is 533 g/mol. The first kappa shape index (κ1) is 28.6. The van der Waals surface area contributed by atoms with Gasteiger partial charge >= 0.3 is 0 Å². The summed E-state index contributed by atoms with van der Waals surface area (Å²) in [5.41, 5.74) is 6.61. The molecule has 1 fully saturated rings. The summed E-state index contributed by atoms with van der Waals surface area (Å²) in [5.74, 6) is 0.501. The number of aliphatic hydroxyl groups is 1. The summed E-state index contributed by atoms with van der Waals surface area (Å²) in [5, 5.41) is 12.0. The molecule has 6 nitrogen and oxygen atoms in total. The van der Waals surface area contributed by atoms with Crippen LogP contribution in [0, 0.1) is 18.7 Å². The Kier molecular flexibility index (Phi) is 8.93. The number of hydrogen-bond donors (Lipinski definition) is 1. The van der Waals surface area contributed by atoms with Gasteiger partial charge in [-0.15, -0.1) is 0 Å². The third kappa shape index (κ3) is 6.10. The van der Waals surface area contributed by atoms with Gasteiger partial charge in [-0.2, -0.15) is 0 Å². The quantitative estimate of drug-likeness (QED) is 0.322. The zero-order chi connectivity index (χ0) is 28.2. The molecule has 2 unspecified atom stereocenters. The summed E-state index contributed by atoms with van der Waals surface area (Å²) in [6.45, 7) is 10.9. The number of nitrogens with zero attached hydrogens (tertiary/aromatic N) is 3. The fraction of sp³-hybridized carbons (Fsp3) is 0.406. The number of aliphatic hydroxyl groups excluding tert-OH is 1. The highest BCUT2D eigenvalue weighted by Crippen LogP contribution is 2.44. The molecule has 1 N–H and O–H groups in total. The number of methoxy groups -OCH3 is 1. The lowest BCUT2D eigenvalue weighted by Gasteiger charge is -2.47. The highest BCUT2D eigenvalue weighted by Gasteiger charge is 2.41. The molecule has 2 aromatic carbocycles. The maximum absolute atomic E-state index is 13.9. The summed E-state index contributed by atoms with van der Waals surface area (Å²) in [6.07, 6.45) is 8.21. The molecule has 1 aliphatic heterocycles. The van der Waals surface area contributed by atoms with E-state index >= 15 is 0 Å². The maximum Gasteiger partial charge on any atom is 0.143 e. The molecular weight excluding hydrogens is 493 g/mol. The van der Waals surface area contributed by atoms with Crippen molar-refractivity contribution in [2.45, 2.75) is 59.4 Å². The first-order valence-corrected chi connectivity index (χ1v) is 13.6. The van der Waals surface area contributed by atoms with Crippen molar-refractivity contribution < 1.29 is 19.1 Å². The third-order valence-electron chi connectivity index (χ3n) is 7.54. The molecule has 7 heteroatoms. The van der Waals surface area contributed by atoms with Crippen molar-refractivity contribution in [3.63, 3.8) is 0 Å². The number of ether oxygens (including phenoxy) is 1. The molecule has 1 saturated heterocycles. The molecule has 1 aromatic heterocycles. The van der Waals surface area contributed by atoms with Gasteiger partial charge in [0, 0.05) is 19.2 Å². The van der Waals surface area contributed by atoms with Crippen LogP contribution in [0.1, 0.15) is 63.8 Å². The molecular formula is C32H40FN3O3. The van der Waals surface area contributed by atoms with Gasteiger partial charge in [-0.25, -0.2) is 14.4 Å². The minimum Gasteiger partial charge on any atom is -0.495 e. The minimum atomic E-state index is -0.623. The SMILES string of the molecule is CC/C(C)=C1\C(=C\c2ccc(-n3cnc(C)c3)c(OC)c2)CCON1C(C)(CC(C)CO)c1ccc(F)cc1. The van der Waals surface area contributed by atoms with Crippen LogP contribution in [0.4, 0.5) is 4.39 Å². The zero-order valence-electron chi connectivity index (χ0n) is 23.9. The fourth-order valence-corrected chi connectivity index (χ4v) is 5.33. The van der Waals surface area contributed by atoms with Crippen molar-refractivity contribution in [1.82, 2.24) is 14.6 Å². The molecule has 0 saturated carbocycles. The van der Waals surface area contributed by atoms with Crippen molar-refractivity contribution in [1.29, 1.82) is 0 Å². The molecule has 0 spiro atoms. The minimum absolute atomic E-state index is 0.0183. The normalized spacial score (nSPS) is 18.7. The number of halogens is 1. The van der Waals surface area contributed by atoms with E-state index in [4.69, 9.17) is 9.57 Å². The van der Waals surface area contributed by atoms with Gasteiger partial charge in [0.25, 0.3) is 0 Å². The Morgan fingerprint density at radius 2 is 2.00 bits per heavy atom. The lowest BCUT2D eigenvalue weighted by atomic mass is 9.81. The van der Waals surface area contributed by atoms with Gasteiger partial charge in [-0.1, -0.05) is 32.0 Å². The Balaban J connectivity index is 1.80. The van der Waals surface area contributed by atoms with Gasteiger partial charge in [-0.05, 0) is 92.1 Å². The molecule has 208 valence electrons. The van der Waals surface area contributed by atoms with E-state index < -0.39 is 5.54 Å². The molecule has 0 bridgehead atoms. The second kappa shape index (κ2) is 12.2. The van der Waals surface area contributed by atoms with Gasteiger partial charge in [0.15, 0.2) is 0 Å². The lowest BCUT2D eigenvalue weighted by Crippen LogP contribution is -2.47. The Labute approximate surface area is 231 Å². The smallest absolute Gasteiger partial charge is 0.143 e. The molecule has 2 heterocycles. The largest absolute Gasteiger partial charge is 0.495 e. The number of hydroxylamine groups is 2. The number of aromatic nitrogens is 2. The number of benzene rings is 2. The van der Waals surface area contributed by atoms with E-state index in [0.29, 0.717) is 13.0 Å². The number of rotatable bonds is 9. The Morgan fingerprint density at radius 1 is 1.26 bits per heavy atom. The maximum atomic E-state index is 13.9. The number of imidazole rings is 1. The first-order chi connectivity index (χ1) is 18.7. The van der Waals surface area contributed by atoms with Crippen molar-refractivity contribution in [3.05, 3.63) is 94.5 Å². The van der Waals surface area contributed by atoms with E-state index in [9.17, 15) is 9.50 Å². The van der Waals surface area contributed by atoms with E-state index in [-0.39, 0.29) is 18.3 Å². The molecule has 0 aliphatic carbocycles. The second-order valence-corrected chi connectivity index (χ2v) is 10.7. The molecule has 0 amide bonds. The van der Waals surface area contributed by atoms with Crippen LogP contribution in [0.25, 0.3) is 11.8 Å². The molecule has 2 atom stereocenters. The topological polar surface area (TPSA) is 59.8 Å². The van der Waals surface area contributed by atoms with Gasteiger partial charge in [-0.3, -0.25) is 4.84 Å². The number of aryl methyl sites for hydroxylation is 1. The number of hydrogen-bond acceptors (Lipinski definition) is 5. The Morgan fingerprint density at radius 3 is 2.62 bits per heavy atom. The van der Waals surface area contributed by atoms with E-state index in [2.05, 4.69) is 37.9 Å². The van der Waals surface area contributed by atoms with E-state index in [1.54, 1.807) is 13.4 Å². The summed E-state index contributed by atoms with van der Waals surface area (Å²) in [6, 6.07) is 12.8. The van der Waals surface area contributed by atoms with E-state index in [1.807, 2.05) is 53.9 Å². The predicted octanol–water partition coefficient (Wildman–Crippen LogP) is 6.97. The van der Waals surface area contributed by atoms with Crippen LogP contribution >= 0.6 is 0 Å². The van der Waals surface area contributed by atoms with Gasteiger partial charge < -0.3 is 14.4 Å². The fourth-order valence-electron chi connectivity index (χ4n) is 5.33. The van der Waals surface area contributed by atoms with Crippen molar-refractivity contribution in [3.8, 4) is 11.4 Å². The van der Waals surface area contributed by atoms with Crippen LogP contribution in [0.3, 0.4) is 0 Å². The van der Waals surface area contributed by atoms with Crippen LogP contribution in [-0.2, 0) is 10.4 Å². The highest BCUT2D eigenvalue weighted by atomic mass is 19.1. The summed E-state index contributed by atoms with van der Waals surface area (Å²) >= 11 is 0. The Bertz CT molecular complexity index is 1340. The van der Waals surface area contributed by atoms with Crippen molar-refractivity contribution >= 4 is 6.08 Å². The predicted molar refractivity (Wildman–Crippen MR) is 153 cm³/mol. The van der Waals surface area contributed by atoms with E-state index in [0.717, 1.165) is 46.8 Å². The summed E-state index contributed by atoms with van der Waals surface area (Å²) < 4.78 is 21.6. The van der Waals surface area contributed by atoms with Gasteiger partial charge in [0.05, 0.1) is 42.7 Å². The summed E-state index contributed by atoms with van der Waals surface area (Å²) in [7, 11) is 1.68. The van der Waals surface area contributed by atoms with Crippen molar-refractivity contribution in [2.24, 2.45) is 5.92 Å². The molecule has 1 aliphatic rings. The molecule has 3 aromatic rings. The van der Waals surface area contributed by atoms with Crippen LogP contribution in [0.15, 0.2) is 71.8 Å². The van der Waals surface area contributed by atoms with Crippen LogP contribution in [0.5, 0.6) is 5.75 Å². The average molecular weight is 534 g/mol. The molecule has 4 rings (SSSR count). The van der Waals surface area contributed by atoms with Crippen molar-refractivity contribution in [2.75, 3.05) is 20.3 Å². The highest BCUT2D eigenvalue weighted by molar-refractivity contribution is 5.63. The lowest BCUT2D eigenvalue weighted by molar-refractivity contribution is -0.210. The first-order valence-electron chi connectivity index (χ1n) is 13.6. The number of allylic oxidation sites excluding steroid dienone is 2. The molecule has 0 radical (unpaired) electrons. The third-order valence-corrected chi connectivity index (χ3v) is 7.54. The second-order valence-electron chi connectivity index (χ2n) is 10.7. The summed E-state index contributed by atoms with van der Waals surface area (Å²) in [4.78, 5) is 10.8. The standard InChI is InChI=1S/C32H40FN3O3/c1-7-23(3)31-26(16-25-8-13-29(30(17-25)38-6)35-19-24(4)34-21-35)14-15-39-36(31)32(5,18-22(2)20-37)27-9-11-28(33)12-10-27/h8-13,16-17,19,21-22,37H,7,14-15,18,20H2,1-6H3/b26-16+,31-23+. The van der Waals surface area contributed by atoms with Crippen LogP contribution in [0.2, 0.25) is 0 Å². The van der Waals surface area contributed by atoms with Crippen LogP contribution < -0.4 is 4.74 Å². The van der Waals surface area contributed by atoms with Crippen LogP contribution in [-0.4, -0.2) is 40.0 Å². The van der Waals surface area contributed by atoms with Gasteiger partial charge in [0.1, 0.15) is 11.6 Å². The van der Waals surface area contributed by atoms with Gasteiger partial charge in [0.2, 0.25) is 0 Å². The molecule has 39 heavy (non-hydrogen) atoms. The van der Waals surface area contributed by atoms with E-state index in [1.165, 1.54) is 23.3 Å². The zero-order valence-corrected chi connectivity index (χ0v) is 23.9. The Hall–Kier alpha value is -3.42.